The molecule has 0 aliphatic rings. The second kappa shape index (κ2) is 9.13. The molecule has 0 fully saturated rings. The number of nitrogens with one attached hydrogen (secondary N) is 1. The summed E-state index contributed by atoms with van der Waals surface area (Å²) in [7, 11) is -1.61. The molecule has 3 aromatic carbocycles. The third-order valence-corrected chi connectivity index (χ3v) is 6.74. The van der Waals surface area contributed by atoms with Crippen LogP contribution in [-0.2, 0) is 19.6 Å². The van der Waals surface area contributed by atoms with E-state index in [0.29, 0.717) is 16.3 Å². The molecule has 1 N–H and O–H groups in total. The lowest BCUT2D eigenvalue weighted by Crippen LogP contribution is -2.36. The van der Waals surface area contributed by atoms with Gasteiger partial charge in [-0.05, 0) is 35.7 Å². The van der Waals surface area contributed by atoms with Crippen molar-refractivity contribution in [3.8, 4) is 0 Å². The van der Waals surface area contributed by atoms with E-state index in [9.17, 15) is 18.0 Å². The summed E-state index contributed by atoms with van der Waals surface area (Å²) in [6, 6.07) is 13.7. The summed E-state index contributed by atoms with van der Waals surface area (Å²) in [5.74, 6) is -1.09. The monoisotopic (exact) mass is 480 g/mol. The molecular weight excluding hydrogens is 463 g/mol. The quantitative estimate of drug-likeness (QED) is 0.540. The molecule has 3 rings (SSSR count). The zero-order valence-corrected chi connectivity index (χ0v) is 18.9. The van der Waals surface area contributed by atoms with E-state index in [2.05, 4.69) is 5.32 Å². The van der Waals surface area contributed by atoms with Crippen molar-refractivity contribution in [1.82, 2.24) is 5.32 Å². The Bertz CT molecular complexity index is 1260. The van der Waals surface area contributed by atoms with Crippen LogP contribution in [0, 0.1) is 0 Å². The number of rotatable bonds is 6. The minimum Gasteiger partial charge on any atom is -0.468 e. The molecule has 0 spiro atoms. The van der Waals surface area contributed by atoms with E-state index in [1.807, 2.05) is 0 Å². The van der Waals surface area contributed by atoms with Gasteiger partial charge in [0.25, 0.3) is 15.9 Å². The summed E-state index contributed by atoms with van der Waals surface area (Å²) in [5.41, 5.74) is 0.563. The topological polar surface area (TPSA) is 92.8 Å². The predicted molar refractivity (Wildman–Crippen MR) is 120 cm³/mol. The molecular formula is C21H18Cl2N2O5S. The average molecular weight is 481 g/mol. The summed E-state index contributed by atoms with van der Waals surface area (Å²) in [5, 5.41) is 3.80. The van der Waals surface area contributed by atoms with Gasteiger partial charge in [0.05, 0.1) is 17.7 Å². The van der Waals surface area contributed by atoms with Crippen molar-refractivity contribution < 1.29 is 22.7 Å². The molecule has 0 saturated carbocycles. The standard InChI is InChI=1S/C21H18Cl2N2O5S/c1-24-21(27)18-7-3-6-17-16(18)5-4-8-19(17)25(12-20(26)30-2)31(28,29)15-10-13(22)9-14(23)11-15/h3-11H,12H2,1-2H3,(H,24,27). The maximum atomic E-state index is 13.5. The van der Waals surface area contributed by atoms with Crippen molar-refractivity contribution in [3.63, 3.8) is 0 Å². The molecule has 162 valence electrons. The molecule has 0 aromatic heterocycles. The van der Waals surface area contributed by atoms with Crippen LogP contribution < -0.4 is 9.62 Å². The van der Waals surface area contributed by atoms with Crippen LogP contribution in [0.3, 0.4) is 0 Å². The third-order valence-electron chi connectivity index (χ3n) is 4.56. The number of halogens is 2. The SMILES string of the molecule is CNC(=O)c1cccc2c(N(CC(=O)OC)S(=O)(=O)c3cc(Cl)cc(Cl)c3)cccc12. The van der Waals surface area contributed by atoms with Gasteiger partial charge in [0.15, 0.2) is 0 Å². The van der Waals surface area contributed by atoms with Crippen LogP contribution in [0.25, 0.3) is 10.8 Å². The minimum absolute atomic E-state index is 0.129. The van der Waals surface area contributed by atoms with E-state index in [1.165, 1.54) is 25.2 Å². The zero-order valence-electron chi connectivity index (χ0n) is 16.6. The summed E-state index contributed by atoms with van der Waals surface area (Å²) in [6.45, 7) is -0.591. The first-order chi connectivity index (χ1) is 14.7. The highest BCUT2D eigenvalue weighted by molar-refractivity contribution is 7.92. The fourth-order valence-electron chi connectivity index (χ4n) is 3.13. The molecule has 0 radical (unpaired) electrons. The Morgan fingerprint density at radius 3 is 2.23 bits per heavy atom. The van der Waals surface area contributed by atoms with Gasteiger partial charge in [-0.1, -0.05) is 47.5 Å². The number of amides is 1. The number of sulfonamides is 1. The van der Waals surface area contributed by atoms with Crippen LogP contribution in [0.5, 0.6) is 0 Å². The number of nitrogens with zero attached hydrogens (tertiary/aromatic N) is 1. The lowest BCUT2D eigenvalue weighted by molar-refractivity contribution is -0.138. The van der Waals surface area contributed by atoms with Crippen molar-refractivity contribution in [1.29, 1.82) is 0 Å². The van der Waals surface area contributed by atoms with E-state index in [-0.39, 0.29) is 26.5 Å². The van der Waals surface area contributed by atoms with Gasteiger partial charge in [-0.15, -0.1) is 0 Å². The van der Waals surface area contributed by atoms with Crippen LogP contribution in [-0.4, -0.2) is 41.0 Å². The van der Waals surface area contributed by atoms with Gasteiger partial charge in [0.2, 0.25) is 0 Å². The molecule has 1 amide bonds. The van der Waals surface area contributed by atoms with E-state index in [1.54, 1.807) is 36.4 Å². The van der Waals surface area contributed by atoms with Gasteiger partial charge in [-0.25, -0.2) is 8.42 Å². The molecule has 0 saturated heterocycles. The highest BCUT2D eigenvalue weighted by Crippen LogP contribution is 2.34. The molecule has 0 atom stereocenters. The van der Waals surface area contributed by atoms with Gasteiger partial charge < -0.3 is 10.1 Å². The van der Waals surface area contributed by atoms with Crippen molar-refractivity contribution in [2.24, 2.45) is 0 Å². The Labute approximate surface area is 189 Å². The van der Waals surface area contributed by atoms with Crippen molar-refractivity contribution in [3.05, 3.63) is 70.2 Å². The number of fused-ring (bicyclic) bond motifs is 1. The number of anilines is 1. The third kappa shape index (κ3) is 4.61. The van der Waals surface area contributed by atoms with Crippen LogP contribution >= 0.6 is 23.2 Å². The fourth-order valence-corrected chi connectivity index (χ4v) is 5.28. The molecule has 10 heteroatoms. The molecule has 31 heavy (non-hydrogen) atoms. The van der Waals surface area contributed by atoms with Crippen molar-refractivity contribution >= 4 is 61.6 Å². The Balaban J connectivity index is 2.28. The summed E-state index contributed by atoms with van der Waals surface area (Å²) < 4.78 is 32.7. The molecule has 7 nitrogen and oxygen atoms in total. The van der Waals surface area contributed by atoms with Gasteiger partial charge >= 0.3 is 5.97 Å². The maximum Gasteiger partial charge on any atom is 0.326 e. The van der Waals surface area contributed by atoms with Gasteiger partial charge in [0.1, 0.15) is 6.54 Å². The maximum absolute atomic E-state index is 13.5. The Hall–Kier alpha value is -2.81. The number of carbonyl (C=O) groups is 2. The first-order valence-electron chi connectivity index (χ1n) is 8.98. The summed E-state index contributed by atoms with van der Waals surface area (Å²) >= 11 is 12.0. The predicted octanol–water partition coefficient (Wildman–Crippen LogP) is 3.87. The Morgan fingerprint density at radius 1 is 1.00 bits per heavy atom. The number of carbonyl (C=O) groups excluding carboxylic acids is 2. The smallest absolute Gasteiger partial charge is 0.326 e. The summed E-state index contributed by atoms with van der Waals surface area (Å²) in [6.07, 6.45) is 0. The number of esters is 1. The normalized spacial score (nSPS) is 11.2. The number of hydrogen-bond acceptors (Lipinski definition) is 5. The van der Waals surface area contributed by atoms with Gasteiger partial charge in [0, 0.05) is 28.0 Å². The largest absolute Gasteiger partial charge is 0.468 e. The van der Waals surface area contributed by atoms with Crippen LogP contribution in [0.4, 0.5) is 5.69 Å². The molecule has 0 bridgehead atoms. The number of hydrogen-bond donors (Lipinski definition) is 1. The lowest BCUT2D eigenvalue weighted by Gasteiger charge is -2.25. The molecule has 0 aliphatic heterocycles. The first kappa shape index (κ1) is 22.9. The Morgan fingerprint density at radius 2 is 1.61 bits per heavy atom. The number of benzene rings is 3. The Kier molecular flexibility index (Phi) is 6.74. The van der Waals surface area contributed by atoms with E-state index in [0.717, 1.165) is 11.4 Å². The van der Waals surface area contributed by atoms with Crippen molar-refractivity contribution in [2.45, 2.75) is 4.90 Å². The number of methoxy groups -OCH3 is 1. The number of ether oxygens (including phenoxy) is 1. The van der Waals surface area contributed by atoms with Crippen LogP contribution in [0.1, 0.15) is 10.4 Å². The highest BCUT2D eigenvalue weighted by atomic mass is 35.5. The van der Waals surface area contributed by atoms with Crippen molar-refractivity contribution in [2.75, 3.05) is 25.0 Å². The average Bonchev–Trinajstić information content (AvgIpc) is 2.75. The van der Waals surface area contributed by atoms with Gasteiger partial charge in [-0.3, -0.25) is 13.9 Å². The summed E-state index contributed by atoms with van der Waals surface area (Å²) in [4.78, 5) is 24.2. The fraction of sp³-hybridized carbons (Fsp3) is 0.143. The lowest BCUT2D eigenvalue weighted by atomic mass is 10.0. The van der Waals surface area contributed by atoms with E-state index < -0.39 is 22.5 Å². The molecule has 0 unspecified atom stereocenters. The first-order valence-corrected chi connectivity index (χ1v) is 11.2. The van der Waals surface area contributed by atoms with E-state index in [4.69, 9.17) is 27.9 Å². The second-order valence-electron chi connectivity index (χ2n) is 6.45. The van der Waals surface area contributed by atoms with Crippen LogP contribution in [0.2, 0.25) is 10.0 Å². The van der Waals surface area contributed by atoms with Gasteiger partial charge in [-0.2, -0.15) is 0 Å². The van der Waals surface area contributed by atoms with Crippen LogP contribution in [0.15, 0.2) is 59.5 Å². The zero-order chi connectivity index (χ0) is 22.8. The van der Waals surface area contributed by atoms with E-state index >= 15 is 0 Å². The highest BCUT2D eigenvalue weighted by Gasteiger charge is 2.30. The second-order valence-corrected chi connectivity index (χ2v) is 9.19. The molecule has 0 heterocycles. The minimum atomic E-state index is -4.27. The molecule has 0 aliphatic carbocycles. The molecule has 3 aromatic rings.